The van der Waals surface area contributed by atoms with Crippen molar-refractivity contribution in [1.82, 2.24) is 0 Å². The van der Waals surface area contributed by atoms with Gasteiger partial charge in [0.1, 0.15) is 28.0 Å². The van der Waals surface area contributed by atoms with E-state index in [9.17, 15) is 19.8 Å². The van der Waals surface area contributed by atoms with Crippen LogP contribution >= 0.6 is 11.6 Å². The number of carbonyl (C=O) groups is 2. The van der Waals surface area contributed by atoms with E-state index in [0.29, 0.717) is 0 Å². The number of phenolic OH excluding ortho intramolecular Hbond substituents is 2. The maximum absolute atomic E-state index is 11.3. The van der Waals surface area contributed by atoms with Crippen molar-refractivity contribution in [3.63, 3.8) is 0 Å². The van der Waals surface area contributed by atoms with Crippen molar-refractivity contribution in [2.24, 2.45) is 0 Å². The van der Waals surface area contributed by atoms with Crippen LogP contribution in [0.1, 0.15) is 13.3 Å². The molecule has 1 amide bonds. The van der Waals surface area contributed by atoms with Crippen LogP contribution in [0.5, 0.6) is 11.5 Å². The van der Waals surface area contributed by atoms with E-state index in [-0.39, 0.29) is 34.4 Å². The van der Waals surface area contributed by atoms with Crippen LogP contribution in [-0.2, 0) is 9.59 Å². The summed E-state index contributed by atoms with van der Waals surface area (Å²) in [6.07, 6.45) is -0.314. The lowest BCUT2D eigenvalue weighted by Crippen LogP contribution is -2.15. The molecule has 1 aromatic carbocycles. The van der Waals surface area contributed by atoms with Crippen LogP contribution in [0.3, 0.4) is 0 Å². The van der Waals surface area contributed by atoms with Crippen molar-refractivity contribution < 1.29 is 19.8 Å². The highest BCUT2D eigenvalue weighted by atomic mass is 35.5. The lowest BCUT2D eigenvalue weighted by atomic mass is 10.2. The number of phenols is 2. The number of ketones is 1. The molecular formula is C10H10ClNO4. The van der Waals surface area contributed by atoms with Crippen molar-refractivity contribution in [3.8, 4) is 11.5 Å². The number of benzene rings is 1. The second kappa shape index (κ2) is 4.85. The Labute approximate surface area is 96.7 Å². The van der Waals surface area contributed by atoms with Gasteiger partial charge in [-0.25, -0.2) is 0 Å². The van der Waals surface area contributed by atoms with E-state index < -0.39 is 5.91 Å². The number of hydrogen-bond donors (Lipinski definition) is 3. The number of rotatable bonds is 3. The first-order chi connectivity index (χ1) is 7.41. The molecule has 16 heavy (non-hydrogen) atoms. The quantitative estimate of drug-likeness (QED) is 0.428. The Balaban J connectivity index is 2.93. The first-order valence-electron chi connectivity index (χ1n) is 4.41. The molecule has 0 bridgehead atoms. The van der Waals surface area contributed by atoms with Gasteiger partial charge in [-0.3, -0.25) is 9.59 Å². The molecule has 0 aromatic heterocycles. The largest absolute Gasteiger partial charge is 0.506 e. The zero-order chi connectivity index (χ0) is 12.3. The van der Waals surface area contributed by atoms with Crippen LogP contribution in [0.4, 0.5) is 5.69 Å². The van der Waals surface area contributed by atoms with Crippen molar-refractivity contribution >= 4 is 29.0 Å². The summed E-state index contributed by atoms with van der Waals surface area (Å²) in [5.74, 6) is -1.46. The number of amides is 1. The number of anilines is 1. The topological polar surface area (TPSA) is 86.6 Å². The van der Waals surface area contributed by atoms with Crippen LogP contribution in [-0.4, -0.2) is 21.9 Å². The van der Waals surface area contributed by atoms with E-state index in [1.165, 1.54) is 19.1 Å². The predicted octanol–water partition coefficient (Wildman–Crippen LogP) is 1.67. The van der Waals surface area contributed by atoms with E-state index in [4.69, 9.17) is 11.6 Å². The molecule has 0 aliphatic heterocycles. The molecule has 0 atom stereocenters. The second-order valence-electron chi connectivity index (χ2n) is 3.22. The Morgan fingerprint density at radius 2 is 1.88 bits per heavy atom. The molecule has 0 fully saturated rings. The third kappa shape index (κ3) is 2.87. The van der Waals surface area contributed by atoms with Gasteiger partial charge in [0.05, 0.1) is 6.42 Å². The highest BCUT2D eigenvalue weighted by molar-refractivity contribution is 6.35. The van der Waals surface area contributed by atoms with Crippen molar-refractivity contribution in [2.45, 2.75) is 13.3 Å². The Bertz CT molecular complexity index is 445. The molecule has 1 rings (SSSR count). The zero-order valence-electron chi connectivity index (χ0n) is 8.45. The summed E-state index contributed by atoms with van der Waals surface area (Å²) in [6.45, 7) is 1.27. The minimum Gasteiger partial charge on any atom is -0.506 e. The molecule has 0 unspecified atom stereocenters. The molecular weight excluding hydrogens is 234 g/mol. The van der Waals surface area contributed by atoms with Crippen molar-refractivity contribution in [2.75, 3.05) is 5.32 Å². The Morgan fingerprint density at radius 3 is 2.44 bits per heavy atom. The summed E-state index contributed by atoms with van der Waals surface area (Å²) in [5.41, 5.74) is -0.104. The van der Waals surface area contributed by atoms with Gasteiger partial charge in [0.2, 0.25) is 5.91 Å². The van der Waals surface area contributed by atoms with Gasteiger partial charge in [-0.1, -0.05) is 11.6 Å². The van der Waals surface area contributed by atoms with Gasteiger partial charge in [-0.15, -0.1) is 0 Å². The highest BCUT2D eigenvalue weighted by Gasteiger charge is 2.14. The SMILES string of the molecule is CC(=O)CC(=O)Nc1c(O)ccc(O)c1Cl. The van der Waals surface area contributed by atoms with E-state index in [1.807, 2.05) is 0 Å². The van der Waals surface area contributed by atoms with Crippen molar-refractivity contribution in [1.29, 1.82) is 0 Å². The maximum Gasteiger partial charge on any atom is 0.231 e. The number of halogens is 1. The number of hydrogen-bond acceptors (Lipinski definition) is 4. The molecule has 0 saturated carbocycles. The fourth-order valence-corrected chi connectivity index (χ4v) is 1.29. The minimum absolute atomic E-state index is 0.104. The molecule has 86 valence electrons. The van der Waals surface area contributed by atoms with Crippen LogP contribution < -0.4 is 5.32 Å². The third-order valence-corrected chi connectivity index (χ3v) is 2.16. The van der Waals surface area contributed by atoms with Crippen LogP contribution in [0.15, 0.2) is 12.1 Å². The van der Waals surface area contributed by atoms with E-state index in [1.54, 1.807) is 0 Å². The summed E-state index contributed by atoms with van der Waals surface area (Å²) in [5, 5.41) is 20.7. The lowest BCUT2D eigenvalue weighted by molar-refractivity contribution is -0.124. The van der Waals surface area contributed by atoms with Crippen LogP contribution in [0.25, 0.3) is 0 Å². The van der Waals surface area contributed by atoms with E-state index in [0.717, 1.165) is 0 Å². The highest BCUT2D eigenvalue weighted by Crippen LogP contribution is 2.37. The smallest absolute Gasteiger partial charge is 0.231 e. The lowest BCUT2D eigenvalue weighted by Gasteiger charge is -2.09. The fourth-order valence-electron chi connectivity index (χ4n) is 1.08. The first-order valence-corrected chi connectivity index (χ1v) is 4.79. The Morgan fingerprint density at radius 1 is 1.31 bits per heavy atom. The van der Waals surface area contributed by atoms with Crippen molar-refractivity contribution in [3.05, 3.63) is 17.2 Å². The van der Waals surface area contributed by atoms with Gasteiger partial charge in [0.15, 0.2) is 0 Å². The van der Waals surface area contributed by atoms with Gasteiger partial charge in [0, 0.05) is 0 Å². The molecule has 0 aliphatic carbocycles. The summed E-state index contributed by atoms with van der Waals surface area (Å²) in [6, 6.07) is 2.38. The van der Waals surface area contributed by atoms with Gasteiger partial charge in [-0.2, -0.15) is 0 Å². The second-order valence-corrected chi connectivity index (χ2v) is 3.60. The number of carbonyl (C=O) groups excluding carboxylic acids is 2. The Kier molecular flexibility index (Phi) is 3.73. The van der Waals surface area contributed by atoms with Gasteiger partial charge >= 0.3 is 0 Å². The normalized spacial score (nSPS) is 9.88. The zero-order valence-corrected chi connectivity index (χ0v) is 9.21. The van der Waals surface area contributed by atoms with Gasteiger partial charge in [-0.05, 0) is 19.1 Å². The third-order valence-electron chi connectivity index (χ3n) is 1.77. The molecule has 6 heteroatoms. The van der Waals surface area contributed by atoms with Crippen LogP contribution in [0, 0.1) is 0 Å². The average Bonchev–Trinajstić information content (AvgIpc) is 2.17. The molecule has 0 spiro atoms. The Hall–Kier alpha value is -1.75. The fraction of sp³-hybridized carbons (Fsp3) is 0.200. The van der Waals surface area contributed by atoms with E-state index in [2.05, 4.69) is 5.32 Å². The molecule has 5 nitrogen and oxygen atoms in total. The monoisotopic (exact) mass is 243 g/mol. The number of Topliss-reactive ketones (excluding diaryl/α,β-unsaturated/α-hetero) is 1. The molecule has 0 aliphatic rings. The van der Waals surface area contributed by atoms with Gasteiger partial charge < -0.3 is 15.5 Å². The minimum atomic E-state index is -0.602. The summed E-state index contributed by atoms with van der Waals surface area (Å²) in [4.78, 5) is 21.9. The first kappa shape index (κ1) is 12.3. The summed E-state index contributed by atoms with van der Waals surface area (Å²) in [7, 11) is 0. The number of aromatic hydroxyl groups is 2. The van der Waals surface area contributed by atoms with E-state index >= 15 is 0 Å². The molecule has 0 heterocycles. The average molecular weight is 244 g/mol. The molecule has 3 N–H and O–H groups in total. The molecule has 0 radical (unpaired) electrons. The summed E-state index contributed by atoms with van der Waals surface area (Å²) < 4.78 is 0. The summed E-state index contributed by atoms with van der Waals surface area (Å²) >= 11 is 5.67. The number of nitrogens with one attached hydrogen (secondary N) is 1. The molecule has 0 saturated heterocycles. The maximum atomic E-state index is 11.3. The standard InChI is InChI=1S/C10H10ClNO4/c1-5(13)4-8(16)12-10-7(15)3-2-6(14)9(10)11/h2-3,14-15H,4H2,1H3,(H,12,16). The van der Waals surface area contributed by atoms with Gasteiger partial charge in [0.25, 0.3) is 0 Å². The molecule has 1 aromatic rings. The van der Waals surface area contributed by atoms with Crippen LogP contribution in [0.2, 0.25) is 5.02 Å². The predicted molar refractivity (Wildman–Crippen MR) is 58.7 cm³/mol.